The van der Waals surface area contributed by atoms with Gasteiger partial charge in [0, 0.05) is 38.2 Å². The van der Waals surface area contributed by atoms with Crippen LogP contribution in [0.15, 0.2) is 11.1 Å². The number of methoxy groups -OCH3 is 1. The van der Waals surface area contributed by atoms with E-state index in [-0.39, 0.29) is 0 Å². The molecule has 1 saturated heterocycles. The Balaban J connectivity index is 2.08. The summed E-state index contributed by atoms with van der Waals surface area (Å²) in [7, 11) is 1.66. The summed E-state index contributed by atoms with van der Waals surface area (Å²) in [5.41, 5.74) is 0. The van der Waals surface area contributed by atoms with Gasteiger partial charge in [-0.25, -0.2) is 9.97 Å². The third kappa shape index (κ3) is 4.63. The van der Waals surface area contributed by atoms with E-state index in [4.69, 9.17) is 9.47 Å². The van der Waals surface area contributed by atoms with Gasteiger partial charge in [0.1, 0.15) is 17.5 Å². The fourth-order valence-corrected chi connectivity index (χ4v) is 3.07. The molecule has 0 spiro atoms. The molecular formula is C13H21N3O2S. The molecule has 2 heterocycles. The van der Waals surface area contributed by atoms with E-state index in [1.165, 1.54) is 0 Å². The Bertz CT molecular complexity index is 373. The first-order chi connectivity index (χ1) is 9.31. The zero-order valence-electron chi connectivity index (χ0n) is 11.5. The summed E-state index contributed by atoms with van der Waals surface area (Å²) in [5, 5.41) is 4.85. The minimum absolute atomic E-state index is 0.445. The van der Waals surface area contributed by atoms with Crippen LogP contribution in [0.1, 0.15) is 25.6 Å². The molecule has 106 valence electrons. The second kappa shape index (κ2) is 7.67. The average molecular weight is 283 g/mol. The molecule has 1 aromatic heterocycles. The van der Waals surface area contributed by atoms with Crippen LogP contribution in [0.4, 0.5) is 5.82 Å². The van der Waals surface area contributed by atoms with E-state index >= 15 is 0 Å². The highest BCUT2D eigenvalue weighted by molar-refractivity contribution is 7.99. The second-order valence-electron chi connectivity index (χ2n) is 4.40. The van der Waals surface area contributed by atoms with Gasteiger partial charge >= 0.3 is 0 Å². The van der Waals surface area contributed by atoms with Crippen molar-refractivity contribution < 1.29 is 9.47 Å². The number of hydrogen-bond acceptors (Lipinski definition) is 6. The molecule has 0 saturated carbocycles. The summed E-state index contributed by atoms with van der Waals surface area (Å²) in [6.45, 7) is 5.07. The first-order valence-electron chi connectivity index (χ1n) is 6.67. The Morgan fingerprint density at radius 1 is 1.42 bits per heavy atom. The largest absolute Gasteiger partial charge is 0.381 e. The monoisotopic (exact) mass is 283 g/mol. The van der Waals surface area contributed by atoms with Gasteiger partial charge in [0.25, 0.3) is 0 Å². The van der Waals surface area contributed by atoms with Gasteiger partial charge in [0.05, 0.1) is 0 Å². The number of aromatic nitrogens is 2. The van der Waals surface area contributed by atoms with Crippen LogP contribution in [0.2, 0.25) is 0 Å². The van der Waals surface area contributed by atoms with E-state index in [1.807, 2.05) is 17.8 Å². The molecule has 1 aromatic rings. The third-order valence-electron chi connectivity index (χ3n) is 2.84. The molecule has 1 fully saturated rings. The number of thioether (sulfide) groups is 1. The van der Waals surface area contributed by atoms with Crippen molar-refractivity contribution in [3.05, 3.63) is 11.9 Å². The van der Waals surface area contributed by atoms with Crippen molar-refractivity contribution in [1.29, 1.82) is 0 Å². The zero-order valence-corrected chi connectivity index (χ0v) is 12.3. The molecule has 1 N–H and O–H groups in total. The summed E-state index contributed by atoms with van der Waals surface area (Å²) >= 11 is 1.82. The van der Waals surface area contributed by atoms with Crippen molar-refractivity contribution in [3.63, 3.8) is 0 Å². The van der Waals surface area contributed by atoms with Crippen LogP contribution in [-0.2, 0) is 16.1 Å². The summed E-state index contributed by atoms with van der Waals surface area (Å²) in [5.74, 6) is 1.61. The van der Waals surface area contributed by atoms with Gasteiger partial charge < -0.3 is 14.8 Å². The highest BCUT2D eigenvalue weighted by atomic mass is 32.2. The average Bonchev–Trinajstić information content (AvgIpc) is 2.40. The molecule has 1 aliphatic rings. The number of rotatable bonds is 6. The second-order valence-corrected chi connectivity index (χ2v) is 5.72. The van der Waals surface area contributed by atoms with Crippen molar-refractivity contribution in [2.75, 3.05) is 32.2 Å². The predicted molar refractivity (Wildman–Crippen MR) is 76.6 cm³/mol. The molecule has 0 atom stereocenters. The summed E-state index contributed by atoms with van der Waals surface area (Å²) in [6.07, 6.45) is 2.18. The van der Waals surface area contributed by atoms with Gasteiger partial charge in [0.2, 0.25) is 0 Å². The smallest absolute Gasteiger partial charge is 0.157 e. The van der Waals surface area contributed by atoms with Gasteiger partial charge in [-0.05, 0) is 19.8 Å². The molecule has 0 radical (unpaired) electrons. The van der Waals surface area contributed by atoms with Crippen LogP contribution >= 0.6 is 11.8 Å². The van der Waals surface area contributed by atoms with Crippen molar-refractivity contribution in [1.82, 2.24) is 9.97 Å². The quantitative estimate of drug-likeness (QED) is 0.809. The van der Waals surface area contributed by atoms with E-state index in [9.17, 15) is 0 Å². The molecule has 5 nitrogen and oxygen atoms in total. The van der Waals surface area contributed by atoms with Crippen LogP contribution in [0.25, 0.3) is 0 Å². The molecule has 6 heteroatoms. The molecule has 0 unspecified atom stereocenters. The Kier molecular flexibility index (Phi) is 5.88. The van der Waals surface area contributed by atoms with Crippen LogP contribution in [-0.4, -0.2) is 42.1 Å². The maximum atomic E-state index is 5.38. The van der Waals surface area contributed by atoms with Crippen molar-refractivity contribution >= 4 is 17.6 Å². The summed E-state index contributed by atoms with van der Waals surface area (Å²) in [4.78, 5) is 8.97. The number of ether oxygens (including phenoxy) is 2. The highest BCUT2D eigenvalue weighted by Crippen LogP contribution is 2.29. The maximum absolute atomic E-state index is 5.38. The SMILES string of the molecule is CCNc1cc(SC2CCOCC2)nc(COC)n1. The minimum Gasteiger partial charge on any atom is -0.381 e. The van der Waals surface area contributed by atoms with Crippen molar-refractivity contribution in [2.45, 2.75) is 36.6 Å². The lowest BCUT2D eigenvalue weighted by molar-refractivity contribution is 0.1000. The molecule has 1 aliphatic heterocycles. The topological polar surface area (TPSA) is 56.3 Å². The number of hydrogen-bond donors (Lipinski definition) is 1. The Hall–Kier alpha value is -0.850. The lowest BCUT2D eigenvalue weighted by atomic mass is 10.2. The van der Waals surface area contributed by atoms with E-state index < -0.39 is 0 Å². The van der Waals surface area contributed by atoms with Crippen molar-refractivity contribution in [2.24, 2.45) is 0 Å². The molecule has 0 bridgehead atoms. The lowest BCUT2D eigenvalue weighted by Crippen LogP contribution is -2.17. The van der Waals surface area contributed by atoms with Crippen LogP contribution < -0.4 is 5.32 Å². The molecule has 2 rings (SSSR count). The Morgan fingerprint density at radius 2 is 2.21 bits per heavy atom. The number of nitrogens with one attached hydrogen (secondary N) is 1. The standard InChI is InChI=1S/C13H21N3O2S/c1-3-14-11-8-13(16-12(15-11)9-17-2)19-10-4-6-18-7-5-10/h8,10H,3-7,9H2,1-2H3,(H,14,15,16). The summed E-state index contributed by atoms with van der Waals surface area (Å²) in [6, 6.07) is 2.02. The normalized spacial score (nSPS) is 16.5. The van der Waals surface area contributed by atoms with Crippen molar-refractivity contribution in [3.8, 4) is 0 Å². The first kappa shape index (κ1) is 14.6. The maximum Gasteiger partial charge on any atom is 0.157 e. The van der Waals surface area contributed by atoms with E-state index in [0.717, 1.165) is 49.3 Å². The lowest BCUT2D eigenvalue weighted by Gasteiger charge is -2.21. The first-order valence-corrected chi connectivity index (χ1v) is 7.55. The van der Waals surface area contributed by atoms with Crippen LogP contribution in [0, 0.1) is 0 Å². The Labute approximate surface area is 118 Å². The molecular weight excluding hydrogens is 262 g/mol. The van der Waals surface area contributed by atoms with Crippen LogP contribution in [0.5, 0.6) is 0 Å². The van der Waals surface area contributed by atoms with E-state index in [2.05, 4.69) is 22.2 Å². The molecule has 0 aromatic carbocycles. The highest BCUT2D eigenvalue weighted by Gasteiger charge is 2.16. The Morgan fingerprint density at radius 3 is 2.89 bits per heavy atom. The fraction of sp³-hybridized carbons (Fsp3) is 0.692. The predicted octanol–water partition coefficient (Wildman–Crippen LogP) is 2.33. The van der Waals surface area contributed by atoms with Gasteiger partial charge in [-0.1, -0.05) is 0 Å². The van der Waals surface area contributed by atoms with Gasteiger partial charge in [0.15, 0.2) is 5.82 Å². The number of anilines is 1. The molecule has 19 heavy (non-hydrogen) atoms. The zero-order chi connectivity index (χ0) is 13.5. The van der Waals surface area contributed by atoms with Gasteiger partial charge in [-0.15, -0.1) is 11.8 Å². The minimum atomic E-state index is 0.445. The number of nitrogens with zero attached hydrogens (tertiary/aromatic N) is 2. The van der Waals surface area contributed by atoms with E-state index in [1.54, 1.807) is 7.11 Å². The van der Waals surface area contributed by atoms with E-state index in [0.29, 0.717) is 11.9 Å². The fourth-order valence-electron chi connectivity index (χ4n) is 1.96. The molecule has 0 amide bonds. The molecule has 0 aliphatic carbocycles. The van der Waals surface area contributed by atoms with Gasteiger partial charge in [-0.3, -0.25) is 0 Å². The summed E-state index contributed by atoms with van der Waals surface area (Å²) < 4.78 is 10.5. The van der Waals surface area contributed by atoms with Crippen LogP contribution in [0.3, 0.4) is 0 Å². The third-order valence-corrected chi connectivity index (χ3v) is 4.09. The van der Waals surface area contributed by atoms with Gasteiger partial charge in [-0.2, -0.15) is 0 Å².